The normalized spacial score (nSPS) is 10.4. The lowest BCUT2D eigenvalue weighted by Gasteiger charge is -2.05. The Morgan fingerprint density at radius 2 is 1.30 bits per heavy atom. The predicted molar refractivity (Wildman–Crippen MR) is 79.8 cm³/mol. The van der Waals surface area contributed by atoms with Crippen molar-refractivity contribution < 1.29 is 18.9 Å². The van der Waals surface area contributed by atoms with Crippen LogP contribution < -0.4 is 4.52 Å². The Labute approximate surface area is 119 Å². The van der Waals surface area contributed by atoms with Gasteiger partial charge in [0, 0.05) is 0 Å². The van der Waals surface area contributed by atoms with Gasteiger partial charge in [-0.15, -0.1) is 0 Å². The first-order valence-corrected chi connectivity index (χ1v) is 7.65. The molecule has 0 heterocycles. The van der Waals surface area contributed by atoms with Crippen molar-refractivity contribution in [1.29, 1.82) is 0 Å². The second-order valence-corrected chi connectivity index (χ2v) is 5.64. The van der Waals surface area contributed by atoms with E-state index in [0.29, 0.717) is 0 Å². The topological polar surface area (TPSA) is 66.8 Å². The highest BCUT2D eigenvalue weighted by molar-refractivity contribution is 7.46. The summed E-state index contributed by atoms with van der Waals surface area (Å²) in [4.78, 5) is 16.9. The van der Waals surface area contributed by atoms with Crippen LogP contribution >= 0.6 is 7.82 Å². The summed E-state index contributed by atoms with van der Waals surface area (Å²) in [5.74, 6) is 0.175. The van der Waals surface area contributed by atoms with Gasteiger partial charge in [0.15, 0.2) is 0 Å². The molecular weight excluding hydrogens is 275 g/mol. The van der Waals surface area contributed by atoms with Crippen molar-refractivity contribution in [2.24, 2.45) is 0 Å². The molecule has 0 aliphatic carbocycles. The number of rotatable bonds is 2. The Kier molecular flexibility index (Phi) is 5.96. The van der Waals surface area contributed by atoms with Gasteiger partial charge in [-0.25, -0.2) is 4.57 Å². The Balaban J connectivity index is 0.000000217. The number of aryl methyl sites for hydroxylation is 3. The van der Waals surface area contributed by atoms with Gasteiger partial charge in [-0.1, -0.05) is 42.0 Å². The minimum Gasteiger partial charge on any atom is -0.404 e. The molecule has 0 amide bonds. The molecule has 0 aliphatic rings. The molecule has 108 valence electrons. The molecule has 5 heteroatoms. The molecule has 0 radical (unpaired) electrons. The smallest absolute Gasteiger partial charge is 0.404 e. The molecule has 0 atom stereocenters. The first-order chi connectivity index (χ1) is 9.28. The van der Waals surface area contributed by atoms with Gasteiger partial charge in [0.1, 0.15) is 5.75 Å². The highest BCUT2D eigenvalue weighted by Crippen LogP contribution is 2.37. The zero-order valence-corrected chi connectivity index (χ0v) is 12.7. The van der Waals surface area contributed by atoms with Gasteiger partial charge < -0.3 is 4.52 Å². The molecule has 2 rings (SSSR count). The summed E-state index contributed by atoms with van der Waals surface area (Å²) in [6, 6.07) is 14.8. The van der Waals surface area contributed by atoms with Crippen LogP contribution in [0, 0.1) is 20.8 Å². The Morgan fingerprint density at radius 1 is 0.850 bits per heavy atom. The van der Waals surface area contributed by atoms with Crippen LogP contribution in [0.25, 0.3) is 0 Å². The Hall–Kier alpha value is -1.61. The summed E-state index contributed by atoms with van der Waals surface area (Å²) in [5, 5.41) is 0. The monoisotopic (exact) mass is 294 g/mol. The highest BCUT2D eigenvalue weighted by Gasteiger charge is 2.14. The maximum atomic E-state index is 10.4. The van der Waals surface area contributed by atoms with Crippen molar-refractivity contribution in [3.05, 3.63) is 65.2 Å². The standard InChI is InChI=1S/C8H10.C7H9O4P/c1-7-5-3-4-6-8(7)2;1-6-2-4-7(5-3-6)11-12(8,9)10/h3-6H,1-2H3;2-5H,1H3,(H2,8,9,10). The van der Waals surface area contributed by atoms with Crippen LogP contribution in [-0.2, 0) is 4.57 Å². The fourth-order valence-electron chi connectivity index (χ4n) is 1.40. The van der Waals surface area contributed by atoms with Crippen molar-refractivity contribution in [3.8, 4) is 5.75 Å². The molecule has 0 saturated heterocycles. The Bertz CT molecular complexity index is 566. The maximum Gasteiger partial charge on any atom is 0.524 e. The van der Waals surface area contributed by atoms with E-state index in [9.17, 15) is 4.57 Å². The molecule has 20 heavy (non-hydrogen) atoms. The largest absolute Gasteiger partial charge is 0.524 e. The van der Waals surface area contributed by atoms with Crippen LogP contribution in [0.15, 0.2) is 48.5 Å². The van der Waals surface area contributed by atoms with Gasteiger partial charge in [-0.3, -0.25) is 9.79 Å². The fourth-order valence-corrected chi connectivity index (χ4v) is 1.80. The van der Waals surface area contributed by atoms with Crippen LogP contribution in [0.2, 0.25) is 0 Å². The second-order valence-electron chi connectivity index (χ2n) is 4.48. The van der Waals surface area contributed by atoms with Crippen LogP contribution in [0.4, 0.5) is 0 Å². The number of hydrogen-bond acceptors (Lipinski definition) is 2. The summed E-state index contributed by atoms with van der Waals surface area (Å²) in [6.07, 6.45) is 0. The lowest BCUT2D eigenvalue weighted by molar-refractivity contribution is 0.283. The number of hydrogen-bond donors (Lipinski definition) is 2. The quantitative estimate of drug-likeness (QED) is 0.827. The maximum absolute atomic E-state index is 10.4. The van der Waals surface area contributed by atoms with Crippen LogP contribution in [-0.4, -0.2) is 9.79 Å². The first kappa shape index (κ1) is 16.4. The molecule has 0 aromatic heterocycles. The van der Waals surface area contributed by atoms with Crippen molar-refractivity contribution >= 4 is 7.82 Å². The van der Waals surface area contributed by atoms with Crippen molar-refractivity contribution in [2.75, 3.05) is 0 Å². The summed E-state index contributed by atoms with van der Waals surface area (Å²) in [7, 11) is -4.40. The molecular formula is C15H19O4P. The first-order valence-electron chi connectivity index (χ1n) is 6.12. The van der Waals surface area contributed by atoms with Gasteiger partial charge >= 0.3 is 7.82 Å². The number of phosphoric ester groups is 1. The van der Waals surface area contributed by atoms with E-state index in [1.165, 1.54) is 23.3 Å². The SMILES string of the molecule is Cc1ccc(OP(=O)(O)O)cc1.Cc1ccccc1C. The molecule has 0 spiro atoms. The molecule has 0 fully saturated rings. The van der Waals surface area contributed by atoms with E-state index in [1.54, 1.807) is 12.1 Å². The van der Waals surface area contributed by atoms with E-state index >= 15 is 0 Å². The average molecular weight is 294 g/mol. The summed E-state index contributed by atoms with van der Waals surface area (Å²) in [6.45, 7) is 6.12. The van der Waals surface area contributed by atoms with E-state index in [-0.39, 0.29) is 5.75 Å². The number of phosphoric acid groups is 1. The fraction of sp³-hybridized carbons (Fsp3) is 0.200. The Morgan fingerprint density at radius 3 is 1.65 bits per heavy atom. The van der Waals surface area contributed by atoms with E-state index < -0.39 is 7.82 Å². The van der Waals surface area contributed by atoms with Gasteiger partial charge in [0.2, 0.25) is 0 Å². The van der Waals surface area contributed by atoms with Crippen LogP contribution in [0.3, 0.4) is 0 Å². The predicted octanol–water partition coefficient (Wildman–Crippen LogP) is 3.77. The average Bonchev–Trinajstić information content (AvgIpc) is 2.35. The molecule has 0 aliphatic heterocycles. The van der Waals surface area contributed by atoms with Gasteiger partial charge in [0.25, 0.3) is 0 Å². The van der Waals surface area contributed by atoms with Gasteiger partial charge in [-0.05, 0) is 44.0 Å². The zero-order chi connectivity index (χ0) is 15.2. The molecule has 2 aromatic rings. The minimum absolute atomic E-state index is 0.175. The van der Waals surface area contributed by atoms with Crippen molar-refractivity contribution in [1.82, 2.24) is 0 Å². The van der Waals surface area contributed by atoms with E-state index in [1.807, 2.05) is 6.92 Å². The molecule has 0 unspecified atom stereocenters. The molecule has 2 N–H and O–H groups in total. The van der Waals surface area contributed by atoms with Crippen LogP contribution in [0.1, 0.15) is 16.7 Å². The molecule has 0 bridgehead atoms. The third-order valence-corrected chi connectivity index (χ3v) is 3.12. The molecule has 0 saturated carbocycles. The van der Waals surface area contributed by atoms with Crippen molar-refractivity contribution in [3.63, 3.8) is 0 Å². The molecule has 2 aromatic carbocycles. The minimum atomic E-state index is -4.40. The number of benzene rings is 2. The lowest BCUT2D eigenvalue weighted by atomic mass is 10.1. The zero-order valence-electron chi connectivity index (χ0n) is 11.8. The van der Waals surface area contributed by atoms with Gasteiger partial charge in [-0.2, -0.15) is 0 Å². The van der Waals surface area contributed by atoms with Crippen LogP contribution in [0.5, 0.6) is 5.75 Å². The van der Waals surface area contributed by atoms with Crippen molar-refractivity contribution in [2.45, 2.75) is 20.8 Å². The lowest BCUT2D eigenvalue weighted by Crippen LogP contribution is -1.89. The third-order valence-electron chi connectivity index (χ3n) is 2.67. The van der Waals surface area contributed by atoms with E-state index in [4.69, 9.17) is 9.79 Å². The van der Waals surface area contributed by atoms with Gasteiger partial charge in [0.05, 0.1) is 0 Å². The second kappa shape index (κ2) is 7.25. The summed E-state index contributed by atoms with van der Waals surface area (Å²) < 4.78 is 14.7. The third kappa shape index (κ3) is 6.53. The summed E-state index contributed by atoms with van der Waals surface area (Å²) >= 11 is 0. The summed E-state index contributed by atoms with van der Waals surface area (Å²) in [5.41, 5.74) is 3.74. The molecule has 4 nitrogen and oxygen atoms in total. The van der Waals surface area contributed by atoms with E-state index in [2.05, 4.69) is 42.6 Å². The highest BCUT2D eigenvalue weighted by atomic mass is 31.2. The van der Waals surface area contributed by atoms with E-state index in [0.717, 1.165) is 5.56 Å².